The standard InChI is InChI=1S/C24H25ClN2O3S/c1-2-3-4-17-5-9-19(10-6-17)27-23(28)21(26-13-15-30-16-14-26)22(24(27)29)31-20-11-7-18(25)8-12-20/h5-12H,2-4,13-16H2,1H3. The van der Waals surface area contributed by atoms with Crippen LogP contribution in [0.1, 0.15) is 25.3 Å². The zero-order chi connectivity index (χ0) is 21.8. The van der Waals surface area contributed by atoms with E-state index in [0.29, 0.717) is 47.6 Å². The van der Waals surface area contributed by atoms with Crippen molar-refractivity contribution in [2.75, 3.05) is 31.2 Å². The third kappa shape index (κ3) is 4.81. The minimum atomic E-state index is -0.284. The maximum absolute atomic E-state index is 13.5. The summed E-state index contributed by atoms with van der Waals surface area (Å²) in [5.41, 5.74) is 2.28. The Bertz CT molecular complexity index is 983. The normalized spacial score (nSPS) is 17.1. The molecule has 1 saturated heterocycles. The zero-order valence-electron chi connectivity index (χ0n) is 17.5. The van der Waals surface area contributed by atoms with Crippen molar-refractivity contribution in [3.63, 3.8) is 0 Å². The van der Waals surface area contributed by atoms with Gasteiger partial charge in [-0.3, -0.25) is 9.59 Å². The molecule has 0 N–H and O–H groups in total. The van der Waals surface area contributed by atoms with E-state index >= 15 is 0 Å². The van der Waals surface area contributed by atoms with Crippen LogP contribution < -0.4 is 4.90 Å². The number of carbonyl (C=O) groups is 2. The van der Waals surface area contributed by atoms with Crippen LogP contribution in [0.2, 0.25) is 5.02 Å². The maximum atomic E-state index is 13.5. The summed E-state index contributed by atoms with van der Waals surface area (Å²) in [6, 6.07) is 15.0. The number of benzene rings is 2. The third-order valence-corrected chi connectivity index (χ3v) is 6.72. The lowest BCUT2D eigenvalue weighted by Gasteiger charge is -2.29. The van der Waals surface area contributed by atoms with E-state index < -0.39 is 0 Å². The lowest BCUT2D eigenvalue weighted by molar-refractivity contribution is -0.121. The van der Waals surface area contributed by atoms with E-state index in [2.05, 4.69) is 6.92 Å². The van der Waals surface area contributed by atoms with E-state index in [1.807, 2.05) is 41.3 Å². The van der Waals surface area contributed by atoms with Crippen molar-refractivity contribution >= 4 is 40.9 Å². The van der Waals surface area contributed by atoms with Gasteiger partial charge in [0.2, 0.25) is 0 Å². The number of nitrogens with zero attached hydrogens (tertiary/aromatic N) is 2. The van der Waals surface area contributed by atoms with Gasteiger partial charge in [-0.1, -0.05) is 48.8 Å². The molecule has 7 heteroatoms. The molecule has 2 heterocycles. The zero-order valence-corrected chi connectivity index (χ0v) is 19.0. The van der Waals surface area contributed by atoms with Gasteiger partial charge in [0, 0.05) is 23.0 Å². The van der Waals surface area contributed by atoms with Crippen molar-refractivity contribution < 1.29 is 14.3 Å². The van der Waals surface area contributed by atoms with Crippen molar-refractivity contribution in [1.82, 2.24) is 4.90 Å². The molecule has 0 radical (unpaired) electrons. The van der Waals surface area contributed by atoms with Crippen molar-refractivity contribution in [2.45, 2.75) is 31.1 Å². The van der Waals surface area contributed by atoms with Gasteiger partial charge in [-0.25, -0.2) is 4.90 Å². The number of anilines is 1. The lowest BCUT2D eigenvalue weighted by Crippen LogP contribution is -2.40. The predicted molar refractivity (Wildman–Crippen MR) is 124 cm³/mol. The van der Waals surface area contributed by atoms with E-state index in [1.165, 1.54) is 22.2 Å². The number of halogens is 1. The second kappa shape index (κ2) is 9.90. The molecule has 2 aliphatic rings. The Morgan fingerprint density at radius 1 is 0.968 bits per heavy atom. The van der Waals surface area contributed by atoms with Crippen LogP contribution in [-0.4, -0.2) is 43.0 Å². The van der Waals surface area contributed by atoms with E-state index in [9.17, 15) is 9.59 Å². The Hall–Kier alpha value is -2.28. The number of aryl methyl sites for hydroxylation is 1. The molecule has 5 nitrogen and oxygen atoms in total. The fraction of sp³-hybridized carbons (Fsp3) is 0.333. The molecule has 0 bridgehead atoms. The Morgan fingerprint density at radius 3 is 2.29 bits per heavy atom. The molecule has 0 unspecified atom stereocenters. The van der Waals surface area contributed by atoms with Gasteiger partial charge in [0.1, 0.15) is 10.6 Å². The molecule has 2 aromatic carbocycles. The van der Waals surface area contributed by atoms with Gasteiger partial charge in [-0.2, -0.15) is 0 Å². The number of thioether (sulfide) groups is 1. The SMILES string of the molecule is CCCCc1ccc(N2C(=O)C(Sc3ccc(Cl)cc3)=C(N3CCOCC3)C2=O)cc1. The molecule has 1 fully saturated rings. The van der Waals surface area contributed by atoms with Crippen molar-refractivity contribution in [3.05, 3.63) is 69.7 Å². The topological polar surface area (TPSA) is 49.9 Å². The highest BCUT2D eigenvalue weighted by Gasteiger charge is 2.42. The second-order valence-corrected chi connectivity index (χ2v) is 9.07. The first-order chi connectivity index (χ1) is 15.1. The number of ether oxygens (including phenoxy) is 1. The van der Waals surface area contributed by atoms with Crippen molar-refractivity contribution in [3.8, 4) is 0 Å². The highest BCUT2D eigenvalue weighted by molar-refractivity contribution is 8.04. The first-order valence-corrected chi connectivity index (χ1v) is 11.8. The molecule has 31 heavy (non-hydrogen) atoms. The van der Waals surface area contributed by atoms with Crippen LogP contribution in [0.15, 0.2) is 64.0 Å². The average Bonchev–Trinajstić information content (AvgIpc) is 3.04. The van der Waals surface area contributed by atoms with Gasteiger partial charge in [0.05, 0.1) is 18.9 Å². The van der Waals surface area contributed by atoms with Gasteiger partial charge in [-0.15, -0.1) is 0 Å². The van der Waals surface area contributed by atoms with Gasteiger partial charge < -0.3 is 9.64 Å². The van der Waals surface area contributed by atoms with Crippen LogP contribution in [0.25, 0.3) is 0 Å². The van der Waals surface area contributed by atoms with Crippen LogP contribution in [0.3, 0.4) is 0 Å². The summed E-state index contributed by atoms with van der Waals surface area (Å²) in [4.78, 5) is 31.5. The molecule has 0 atom stereocenters. The summed E-state index contributed by atoms with van der Waals surface area (Å²) in [5, 5.41) is 0.630. The van der Waals surface area contributed by atoms with Crippen LogP contribution in [0.4, 0.5) is 5.69 Å². The summed E-state index contributed by atoms with van der Waals surface area (Å²) in [6.45, 7) is 4.41. The summed E-state index contributed by atoms with van der Waals surface area (Å²) in [6.07, 6.45) is 3.24. The largest absolute Gasteiger partial charge is 0.378 e. The van der Waals surface area contributed by atoms with Crippen LogP contribution in [0.5, 0.6) is 0 Å². The minimum Gasteiger partial charge on any atom is -0.378 e. The molecule has 2 amide bonds. The number of carbonyl (C=O) groups excluding carboxylic acids is 2. The van der Waals surface area contributed by atoms with Gasteiger partial charge in [0.15, 0.2) is 0 Å². The summed E-state index contributed by atoms with van der Waals surface area (Å²) in [5.74, 6) is -0.558. The minimum absolute atomic E-state index is 0.273. The smallest absolute Gasteiger partial charge is 0.283 e. The highest BCUT2D eigenvalue weighted by Crippen LogP contribution is 2.39. The first kappa shape index (κ1) is 21.9. The lowest BCUT2D eigenvalue weighted by atomic mass is 10.1. The number of imide groups is 1. The number of hydrogen-bond acceptors (Lipinski definition) is 5. The fourth-order valence-corrected chi connectivity index (χ4v) is 4.83. The molecular weight excluding hydrogens is 432 g/mol. The maximum Gasteiger partial charge on any atom is 0.283 e. The molecule has 0 saturated carbocycles. The van der Waals surface area contributed by atoms with Gasteiger partial charge in [0.25, 0.3) is 11.8 Å². The van der Waals surface area contributed by atoms with Crippen LogP contribution >= 0.6 is 23.4 Å². The average molecular weight is 457 g/mol. The summed E-state index contributed by atoms with van der Waals surface area (Å²) < 4.78 is 5.45. The second-order valence-electron chi connectivity index (χ2n) is 7.55. The Kier molecular flexibility index (Phi) is 7.00. The quantitative estimate of drug-likeness (QED) is 0.555. The van der Waals surface area contributed by atoms with E-state index in [0.717, 1.165) is 24.2 Å². The van der Waals surface area contributed by atoms with Gasteiger partial charge >= 0.3 is 0 Å². The highest BCUT2D eigenvalue weighted by atomic mass is 35.5. The van der Waals surface area contributed by atoms with E-state index in [-0.39, 0.29) is 11.8 Å². The molecule has 0 aromatic heterocycles. The van der Waals surface area contributed by atoms with E-state index in [1.54, 1.807) is 12.1 Å². The Labute approximate surface area is 192 Å². The molecule has 162 valence electrons. The fourth-order valence-electron chi connectivity index (χ4n) is 3.70. The molecular formula is C24H25ClN2O3S. The number of unbranched alkanes of at least 4 members (excludes halogenated alkanes) is 1. The molecule has 2 aromatic rings. The molecule has 0 spiro atoms. The number of hydrogen-bond donors (Lipinski definition) is 0. The Balaban J connectivity index is 1.65. The molecule has 2 aliphatic heterocycles. The van der Waals surface area contributed by atoms with E-state index in [4.69, 9.17) is 16.3 Å². The number of amides is 2. The molecule has 0 aliphatic carbocycles. The van der Waals surface area contributed by atoms with Crippen molar-refractivity contribution in [1.29, 1.82) is 0 Å². The summed E-state index contributed by atoms with van der Waals surface area (Å²) >= 11 is 7.32. The number of morpholine rings is 1. The van der Waals surface area contributed by atoms with Crippen molar-refractivity contribution in [2.24, 2.45) is 0 Å². The number of rotatable bonds is 7. The molecule has 4 rings (SSSR count). The van der Waals surface area contributed by atoms with Gasteiger partial charge in [-0.05, 0) is 54.8 Å². The third-order valence-electron chi connectivity index (χ3n) is 5.39. The first-order valence-electron chi connectivity index (χ1n) is 10.6. The van der Waals surface area contributed by atoms with Crippen LogP contribution in [-0.2, 0) is 20.7 Å². The predicted octanol–water partition coefficient (Wildman–Crippen LogP) is 4.89. The van der Waals surface area contributed by atoms with Crippen LogP contribution in [0, 0.1) is 0 Å². The monoisotopic (exact) mass is 456 g/mol. The Morgan fingerprint density at radius 2 is 1.65 bits per heavy atom. The summed E-state index contributed by atoms with van der Waals surface area (Å²) in [7, 11) is 0.